The molecule has 5 heteroatoms. The number of hydrogen-bond acceptors (Lipinski definition) is 4. The highest BCUT2D eigenvalue weighted by Crippen LogP contribution is 2.24. The third-order valence-corrected chi connectivity index (χ3v) is 3.47. The second kappa shape index (κ2) is 6.49. The van der Waals surface area contributed by atoms with E-state index in [2.05, 4.69) is 0 Å². The van der Waals surface area contributed by atoms with Gasteiger partial charge in [0.15, 0.2) is 0 Å². The molecule has 0 bridgehead atoms. The zero-order chi connectivity index (χ0) is 15.4. The summed E-state index contributed by atoms with van der Waals surface area (Å²) in [6.07, 6.45) is -0.890. The maximum absolute atomic E-state index is 11.7. The van der Waals surface area contributed by atoms with E-state index in [4.69, 9.17) is 14.6 Å². The number of aliphatic hydroxyl groups is 1. The van der Waals surface area contributed by atoms with Crippen molar-refractivity contribution in [1.82, 2.24) is 0 Å². The van der Waals surface area contributed by atoms with Crippen molar-refractivity contribution in [1.29, 1.82) is 0 Å². The van der Waals surface area contributed by atoms with Crippen molar-refractivity contribution in [3.63, 3.8) is 0 Å². The molecule has 0 unspecified atom stereocenters. The van der Waals surface area contributed by atoms with Crippen LogP contribution >= 0.6 is 0 Å². The van der Waals surface area contributed by atoms with Gasteiger partial charge >= 0.3 is 6.09 Å². The van der Waals surface area contributed by atoms with E-state index in [1.165, 1.54) is 4.90 Å². The van der Waals surface area contributed by atoms with Crippen molar-refractivity contribution in [3.8, 4) is 5.75 Å². The Morgan fingerprint density at radius 2 is 1.86 bits per heavy atom. The average molecular weight is 299 g/mol. The van der Waals surface area contributed by atoms with Crippen molar-refractivity contribution in [2.45, 2.75) is 12.7 Å². The standard InChI is InChI=1S/C17H17NO4/c19-11-16-10-18(17(20)22-16)14-6-8-15(9-7-14)21-12-13-4-2-1-3-5-13/h1-9,16,19H,10-12H2/t16-/m1/s1. The summed E-state index contributed by atoms with van der Waals surface area (Å²) in [6, 6.07) is 17.2. The normalized spacial score (nSPS) is 17.4. The van der Waals surface area contributed by atoms with E-state index >= 15 is 0 Å². The van der Waals surface area contributed by atoms with Gasteiger partial charge in [0.2, 0.25) is 0 Å². The number of hydrogen-bond donors (Lipinski definition) is 1. The smallest absolute Gasteiger partial charge is 0.414 e. The van der Waals surface area contributed by atoms with Crippen LogP contribution in [0.5, 0.6) is 5.75 Å². The van der Waals surface area contributed by atoms with Gasteiger partial charge in [0.25, 0.3) is 0 Å². The fourth-order valence-corrected chi connectivity index (χ4v) is 2.29. The first-order chi connectivity index (χ1) is 10.8. The first-order valence-electron chi connectivity index (χ1n) is 7.12. The number of benzene rings is 2. The van der Waals surface area contributed by atoms with Crippen LogP contribution in [0.15, 0.2) is 54.6 Å². The summed E-state index contributed by atoms with van der Waals surface area (Å²) in [5.41, 5.74) is 1.83. The van der Waals surface area contributed by atoms with Crippen LogP contribution in [0.1, 0.15) is 5.56 Å². The molecule has 3 rings (SSSR count). The quantitative estimate of drug-likeness (QED) is 0.922. The highest BCUT2D eigenvalue weighted by Gasteiger charge is 2.31. The first-order valence-corrected chi connectivity index (χ1v) is 7.12. The third kappa shape index (κ3) is 3.20. The molecule has 1 N–H and O–H groups in total. The molecule has 2 aromatic rings. The van der Waals surface area contributed by atoms with Crippen molar-refractivity contribution in [3.05, 3.63) is 60.2 Å². The molecular formula is C17H17NO4. The van der Waals surface area contributed by atoms with Gasteiger partial charge in [0.05, 0.1) is 13.2 Å². The molecule has 1 fully saturated rings. The molecule has 0 aliphatic carbocycles. The van der Waals surface area contributed by atoms with Gasteiger partial charge in [-0.05, 0) is 29.8 Å². The molecule has 1 saturated heterocycles. The highest BCUT2D eigenvalue weighted by molar-refractivity contribution is 5.89. The van der Waals surface area contributed by atoms with Crippen LogP contribution in [0.2, 0.25) is 0 Å². The first kappa shape index (κ1) is 14.4. The molecule has 1 aliphatic rings. The van der Waals surface area contributed by atoms with Gasteiger partial charge in [-0.25, -0.2) is 4.79 Å². The van der Waals surface area contributed by atoms with E-state index in [1.807, 2.05) is 42.5 Å². The largest absolute Gasteiger partial charge is 0.489 e. The maximum Gasteiger partial charge on any atom is 0.414 e. The van der Waals surface area contributed by atoms with Crippen molar-refractivity contribution >= 4 is 11.8 Å². The van der Waals surface area contributed by atoms with Crippen LogP contribution in [-0.2, 0) is 11.3 Å². The van der Waals surface area contributed by atoms with Crippen LogP contribution in [0, 0.1) is 0 Å². The summed E-state index contributed by atoms with van der Waals surface area (Å²) in [7, 11) is 0. The lowest BCUT2D eigenvalue weighted by Crippen LogP contribution is -2.25. The molecule has 5 nitrogen and oxygen atoms in total. The van der Waals surface area contributed by atoms with Gasteiger partial charge < -0.3 is 14.6 Å². The molecule has 0 saturated carbocycles. The number of aliphatic hydroxyl groups excluding tert-OH is 1. The summed E-state index contributed by atoms with van der Waals surface area (Å²) in [6.45, 7) is 0.693. The number of anilines is 1. The van der Waals surface area contributed by atoms with Crippen molar-refractivity contribution in [2.75, 3.05) is 18.1 Å². The molecule has 1 atom stereocenters. The monoisotopic (exact) mass is 299 g/mol. The second-order valence-electron chi connectivity index (χ2n) is 5.07. The lowest BCUT2D eigenvalue weighted by atomic mass is 10.2. The molecule has 22 heavy (non-hydrogen) atoms. The molecule has 0 spiro atoms. The molecule has 2 aromatic carbocycles. The molecule has 114 valence electrons. The molecular weight excluding hydrogens is 282 g/mol. The number of rotatable bonds is 5. The topological polar surface area (TPSA) is 59.0 Å². The summed E-state index contributed by atoms with van der Waals surface area (Å²) in [5.74, 6) is 0.735. The Bertz CT molecular complexity index is 627. The summed E-state index contributed by atoms with van der Waals surface area (Å²) >= 11 is 0. The van der Waals surface area contributed by atoms with E-state index in [0.29, 0.717) is 13.2 Å². The lowest BCUT2D eigenvalue weighted by Gasteiger charge is -2.13. The zero-order valence-electron chi connectivity index (χ0n) is 12.0. The molecule has 0 radical (unpaired) electrons. The Morgan fingerprint density at radius 3 is 2.50 bits per heavy atom. The second-order valence-corrected chi connectivity index (χ2v) is 5.07. The lowest BCUT2D eigenvalue weighted by molar-refractivity contribution is 0.0963. The van der Waals surface area contributed by atoms with Crippen LogP contribution in [0.3, 0.4) is 0 Å². The molecule has 0 aromatic heterocycles. The maximum atomic E-state index is 11.7. The summed E-state index contributed by atoms with van der Waals surface area (Å²) in [5, 5.41) is 9.05. The predicted molar refractivity (Wildman–Crippen MR) is 81.9 cm³/mol. The number of nitrogens with zero attached hydrogens (tertiary/aromatic N) is 1. The van der Waals surface area contributed by atoms with E-state index in [0.717, 1.165) is 17.0 Å². The molecule has 1 heterocycles. The molecule has 1 aliphatic heterocycles. The van der Waals surface area contributed by atoms with Gasteiger partial charge in [0.1, 0.15) is 18.5 Å². The minimum Gasteiger partial charge on any atom is -0.489 e. The Kier molecular flexibility index (Phi) is 4.25. The van der Waals surface area contributed by atoms with Gasteiger partial charge in [-0.15, -0.1) is 0 Å². The Balaban J connectivity index is 1.62. The summed E-state index contributed by atoms with van der Waals surface area (Å²) < 4.78 is 10.7. The Morgan fingerprint density at radius 1 is 1.14 bits per heavy atom. The fraction of sp³-hybridized carbons (Fsp3) is 0.235. The van der Waals surface area contributed by atoms with E-state index in [9.17, 15) is 4.79 Å². The number of carbonyl (C=O) groups excluding carboxylic acids is 1. The van der Waals surface area contributed by atoms with E-state index < -0.39 is 12.2 Å². The minimum atomic E-state index is -0.457. The fourth-order valence-electron chi connectivity index (χ4n) is 2.29. The predicted octanol–water partition coefficient (Wildman–Crippen LogP) is 2.58. The van der Waals surface area contributed by atoms with Crippen molar-refractivity contribution in [2.24, 2.45) is 0 Å². The highest BCUT2D eigenvalue weighted by atomic mass is 16.6. The van der Waals surface area contributed by atoms with Gasteiger partial charge in [-0.1, -0.05) is 30.3 Å². The summed E-state index contributed by atoms with van der Waals surface area (Å²) in [4.78, 5) is 13.2. The number of cyclic esters (lactones) is 1. The van der Waals surface area contributed by atoms with E-state index in [1.54, 1.807) is 12.1 Å². The van der Waals surface area contributed by atoms with E-state index in [-0.39, 0.29) is 6.61 Å². The Labute approximate surface area is 128 Å². The van der Waals surface area contributed by atoms with Crippen LogP contribution in [0.4, 0.5) is 10.5 Å². The average Bonchev–Trinajstić information content (AvgIpc) is 2.95. The van der Waals surface area contributed by atoms with Gasteiger partial charge in [-0.2, -0.15) is 0 Å². The molecule has 1 amide bonds. The minimum absolute atomic E-state index is 0.166. The van der Waals surface area contributed by atoms with Gasteiger partial charge in [-0.3, -0.25) is 4.90 Å². The number of ether oxygens (including phenoxy) is 2. The van der Waals surface area contributed by atoms with Crippen LogP contribution < -0.4 is 9.64 Å². The number of carbonyl (C=O) groups is 1. The van der Waals surface area contributed by atoms with Crippen LogP contribution in [0.25, 0.3) is 0 Å². The van der Waals surface area contributed by atoms with Crippen LogP contribution in [-0.4, -0.2) is 30.5 Å². The third-order valence-electron chi connectivity index (χ3n) is 3.47. The SMILES string of the molecule is O=C1O[C@@H](CO)CN1c1ccc(OCc2ccccc2)cc1. The van der Waals surface area contributed by atoms with Gasteiger partial charge in [0, 0.05) is 5.69 Å². The zero-order valence-corrected chi connectivity index (χ0v) is 12.0. The number of amides is 1. The Hall–Kier alpha value is -2.53. The van der Waals surface area contributed by atoms with Crippen molar-refractivity contribution < 1.29 is 19.4 Å².